The van der Waals surface area contributed by atoms with Gasteiger partial charge in [-0.05, 0) is 62.7 Å². The third-order valence-corrected chi connectivity index (χ3v) is 7.37. The lowest BCUT2D eigenvalue weighted by Gasteiger charge is -2.09. The minimum atomic E-state index is -3.45. The normalized spacial score (nSPS) is 11.5. The molecule has 0 saturated heterocycles. The number of aryl methyl sites for hydroxylation is 1. The number of ether oxygens (including phenoxy) is 1. The molecule has 0 unspecified atom stereocenters. The molecule has 0 aliphatic carbocycles. The van der Waals surface area contributed by atoms with Crippen LogP contribution in [0.4, 0.5) is 5.13 Å². The molecule has 1 heterocycles. The predicted octanol–water partition coefficient (Wildman–Crippen LogP) is 4.56. The quantitative estimate of drug-likeness (QED) is 0.620. The van der Waals surface area contributed by atoms with Crippen molar-refractivity contribution in [3.63, 3.8) is 0 Å². The van der Waals surface area contributed by atoms with Gasteiger partial charge in [0.1, 0.15) is 5.75 Å². The van der Waals surface area contributed by atoms with E-state index in [0.29, 0.717) is 5.13 Å². The largest absolute Gasteiger partial charge is 0.496 e. The number of amides is 1. The standard InChI is InChI=1S/C21H22N2O4S2/c1-13(2)29(25,26)17-7-5-6-16(11-17)20(24)23-21-22-18(12-28-21)15-8-9-19(27-4)14(3)10-15/h5-13H,1-4H3,(H,22,23,24). The van der Waals surface area contributed by atoms with Crippen molar-refractivity contribution in [3.8, 4) is 17.0 Å². The number of rotatable bonds is 6. The Morgan fingerprint density at radius 2 is 1.93 bits per heavy atom. The average molecular weight is 431 g/mol. The van der Waals surface area contributed by atoms with Gasteiger partial charge in [0.15, 0.2) is 15.0 Å². The SMILES string of the molecule is COc1ccc(-c2csc(NC(=O)c3cccc(S(=O)(=O)C(C)C)c3)n2)cc1C. The minimum absolute atomic E-state index is 0.133. The topological polar surface area (TPSA) is 85.4 Å². The Morgan fingerprint density at radius 1 is 1.17 bits per heavy atom. The van der Waals surface area contributed by atoms with Gasteiger partial charge in [-0.15, -0.1) is 11.3 Å². The van der Waals surface area contributed by atoms with Crippen LogP contribution >= 0.6 is 11.3 Å². The molecule has 1 aromatic heterocycles. The Hall–Kier alpha value is -2.71. The number of carbonyl (C=O) groups excluding carboxylic acids is 1. The summed E-state index contributed by atoms with van der Waals surface area (Å²) in [5, 5.41) is 4.48. The Morgan fingerprint density at radius 3 is 2.59 bits per heavy atom. The van der Waals surface area contributed by atoms with Gasteiger partial charge in [-0.25, -0.2) is 13.4 Å². The monoisotopic (exact) mass is 430 g/mol. The van der Waals surface area contributed by atoms with Gasteiger partial charge in [-0.2, -0.15) is 0 Å². The van der Waals surface area contributed by atoms with Crippen LogP contribution in [0.15, 0.2) is 52.7 Å². The number of methoxy groups -OCH3 is 1. The molecule has 1 N–H and O–H groups in total. The van der Waals surface area contributed by atoms with Gasteiger partial charge in [0.05, 0.1) is 22.9 Å². The molecule has 3 aromatic rings. The first-order chi connectivity index (χ1) is 13.7. The van der Waals surface area contributed by atoms with E-state index >= 15 is 0 Å². The Balaban J connectivity index is 1.80. The smallest absolute Gasteiger partial charge is 0.257 e. The van der Waals surface area contributed by atoms with E-state index in [0.717, 1.165) is 22.6 Å². The number of hydrogen-bond acceptors (Lipinski definition) is 6. The fourth-order valence-corrected chi connectivity index (χ4v) is 4.58. The Kier molecular flexibility index (Phi) is 6.04. The van der Waals surface area contributed by atoms with Gasteiger partial charge in [-0.3, -0.25) is 10.1 Å². The van der Waals surface area contributed by atoms with E-state index in [2.05, 4.69) is 10.3 Å². The number of nitrogens with zero attached hydrogens (tertiary/aromatic N) is 1. The highest BCUT2D eigenvalue weighted by Gasteiger charge is 2.20. The van der Waals surface area contributed by atoms with Crippen LogP contribution in [-0.2, 0) is 9.84 Å². The second-order valence-electron chi connectivity index (χ2n) is 6.80. The molecule has 152 valence electrons. The fraction of sp³-hybridized carbons (Fsp3) is 0.238. The van der Waals surface area contributed by atoms with E-state index in [-0.39, 0.29) is 10.5 Å². The maximum atomic E-state index is 12.6. The number of aromatic nitrogens is 1. The lowest BCUT2D eigenvalue weighted by Crippen LogP contribution is -2.16. The van der Waals surface area contributed by atoms with Crippen molar-refractivity contribution >= 4 is 32.2 Å². The lowest BCUT2D eigenvalue weighted by atomic mass is 10.1. The highest BCUT2D eigenvalue weighted by Crippen LogP contribution is 2.29. The summed E-state index contributed by atoms with van der Waals surface area (Å²) in [7, 11) is -1.83. The molecule has 0 aliphatic rings. The molecule has 8 heteroatoms. The number of thiazole rings is 1. The molecule has 29 heavy (non-hydrogen) atoms. The molecule has 0 bridgehead atoms. The van der Waals surface area contributed by atoms with E-state index in [1.807, 2.05) is 30.5 Å². The van der Waals surface area contributed by atoms with Crippen molar-refractivity contribution in [2.24, 2.45) is 0 Å². The summed E-state index contributed by atoms with van der Waals surface area (Å²) >= 11 is 1.31. The van der Waals surface area contributed by atoms with Gasteiger partial charge in [0.2, 0.25) is 0 Å². The van der Waals surface area contributed by atoms with Crippen LogP contribution in [0.2, 0.25) is 0 Å². The highest BCUT2D eigenvalue weighted by atomic mass is 32.2. The van der Waals surface area contributed by atoms with Crippen LogP contribution < -0.4 is 10.1 Å². The minimum Gasteiger partial charge on any atom is -0.496 e. The number of hydrogen-bond donors (Lipinski definition) is 1. The van der Waals surface area contributed by atoms with Gasteiger partial charge < -0.3 is 4.74 Å². The molecule has 0 fully saturated rings. The van der Waals surface area contributed by atoms with Crippen LogP contribution in [0.1, 0.15) is 29.8 Å². The van der Waals surface area contributed by atoms with Crippen molar-refractivity contribution in [2.45, 2.75) is 30.9 Å². The van der Waals surface area contributed by atoms with E-state index in [4.69, 9.17) is 4.74 Å². The fourth-order valence-electron chi connectivity index (χ4n) is 2.76. The number of benzene rings is 2. The molecular formula is C21H22N2O4S2. The predicted molar refractivity (Wildman–Crippen MR) is 116 cm³/mol. The van der Waals surface area contributed by atoms with Crippen LogP contribution in [0.25, 0.3) is 11.3 Å². The van der Waals surface area contributed by atoms with Crippen molar-refractivity contribution in [2.75, 3.05) is 12.4 Å². The van der Waals surface area contributed by atoms with Crippen LogP contribution in [0, 0.1) is 6.92 Å². The molecule has 0 radical (unpaired) electrons. The third-order valence-electron chi connectivity index (χ3n) is 4.46. The van der Waals surface area contributed by atoms with Gasteiger partial charge in [0.25, 0.3) is 5.91 Å². The molecule has 0 saturated carbocycles. The molecule has 2 aromatic carbocycles. The molecule has 3 rings (SSSR count). The van der Waals surface area contributed by atoms with Crippen molar-refractivity contribution in [1.82, 2.24) is 4.98 Å². The lowest BCUT2D eigenvalue weighted by molar-refractivity contribution is 0.102. The van der Waals surface area contributed by atoms with Crippen LogP contribution in [-0.4, -0.2) is 31.7 Å². The summed E-state index contributed by atoms with van der Waals surface area (Å²) in [5.74, 6) is 0.395. The van der Waals surface area contributed by atoms with Crippen LogP contribution in [0.5, 0.6) is 5.75 Å². The summed E-state index contributed by atoms with van der Waals surface area (Å²) in [5.41, 5.74) is 2.92. The second kappa shape index (κ2) is 8.34. The zero-order valence-corrected chi connectivity index (χ0v) is 18.2. The van der Waals surface area contributed by atoms with Crippen LogP contribution in [0.3, 0.4) is 0 Å². The molecule has 1 amide bonds. The summed E-state index contributed by atoms with van der Waals surface area (Å²) in [4.78, 5) is 17.2. The Bertz CT molecular complexity index is 1150. The van der Waals surface area contributed by atoms with E-state index in [1.54, 1.807) is 33.1 Å². The average Bonchev–Trinajstić information content (AvgIpc) is 3.16. The molecule has 0 aliphatic heterocycles. The van der Waals surface area contributed by atoms with Crippen molar-refractivity contribution in [3.05, 3.63) is 59.0 Å². The number of carbonyl (C=O) groups is 1. The maximum Gasteiger partial charge on any atom is 0.257 e. The third kappa shape index (κ3) is 4.49. The number of nitrogens with one attached hydrogen (secondary N) is 1. The van der Waals surface area contributed by atoms with Crippen molar-refractivity contribution < 1.29 is 17.9 Å². The number of sulfone groups is 1. The maximum absolute atomic E-state index is 12.6. The first-order valence-corrected chi connectivity index (χ1v) is 11.4. The van der Waals surface area contributed by atoms with Gasteiger partial charge >= 0.3 is 0 Å². The van der Waals surface area contributed by atoms with E-state index in [1.165, 1.54) is 23.5 Å². The molecule has 0 spiro atoms. The second-order valence-corrected chi connectivity index (χ2v) is 10.2. The zero-order chi connectivity index (χ0) is 21.2. The molecule has 0 atom stereocenters. The molecule has 6 nitrogen and oxygen atoms in total. The Labute approximate surface area is 174 Å². The summed E-state index contributed by atoms with van der Waals surface area (Å²) in [6, 6.07) is 11.8. The first-order valence-electron chi connectivity index (χ1n) is 8.98. The van der Waals surface area contributed by atoms with Crippen molar-refractivity contribution in [1.29, 1.82) is 0 Å². The summed E-state index contributed by atoms with van der Waals surface area (Å²) < 4.78 is 30.0. The highest BCUT2D eigenvalue weighted by molar-refractivity contribution is 7.92. The first kappa shape index (κ1) is 21.0. The summed E-state index contributed by atoms with van der Waals surface area (Å²) in [6.07, 6.45) is 0. The zero-order valence-electron chi connectivity index (χ0n) is 16.6. The number of anilines is 1. The van der Waals surface area contributed by atoms with E-state index < -0.39 is 21.0 Å². The van der Waals surface area contributed by atoms with Gasteiger partial charge in [-0.1, -0.05) is 6.07 Å². The van der Waals surface area contributed by atoms with Gasteiger partial charge in [0, 0.05) is 16.5 Å². The summed E-state index contributed by atoms with van der Waals surface area (Å²) in [6.45, 7) is 5.18. The molecular weight excluding hydrogens is 408 g/mol. The van der Waals surface area contributed by atoms with E-state index in [9.17, 15) is 13.2 Å².